The van der Waals surface area contributed by atoms with Crippen molar-refractivity contribution >= 4 is 6.03 Å². The van der Waals surface area contributed by atoms with Crippen molar-refractivity contribution in [3.05, 3.63) is 34.9 Å². The predicted molar refractivity (Wildman–Crippen MR) is 72.4 cm³/mol. The fraction of sp³-hybridized carbons (Fsp3) is 0.500. The summed E-state index contributed by atoms with van der Waals surface area (Å²) in [4.78, 5) is 13.6. The fourth-order valence-electron chi connectivity index (χ4n) is 2.23. The van der Waals surface area contributed by atoms with Gasteiger partial charge in [0.15, 0.2) is 0 Å². The molecule has 0 saturated carbocycles. The molecule has 1 fully saturated rings. The quantitative estimate of drug-likeness (QED) is 0.851. The van der Waals surface area contributed by atoms with Crippen LogP contribution in [-0.2, 0) is 0 Å². The third kappa shape index (κ3) is 2.64. The van der Waals surface area contributed by atoms with E-state index in [1.807, 2.05) is 4.90 Å². The number of carbonyl (C=O) groups is 1. The summed E-state index contributed by atoms with van der Waals surface area (Å²) < 4.78 is 0. The minimum absolute atomic E-state index is 0.0201. The molecule has 0 spiro atoms. The molecule has 98 valence electrons. The molecule has 4 nitrogen and oxygen atoms in total. The fourth-order valence-corrected chi connectivity index (χ4v) is 2.23. The maximum atomic E-state index is 11.8. The zero-order chi connectivity index (χ0) is 13.1. The van der Waals surface area contributed by atoms with Gasteiger partial charge in [0.25, 0.3) is 0 Å². The van der Waals surface area contributed by atoms with Gasteiger partial charge in [-0.05, 0) is 43.5 Å². The number of urea groups is 1. The zero-order valence-corrected chi connectivity index (χ0v) is 11.1. The van der Waals surface area contributed by atoms with Gasteiger partial charge >= 0.3 is 6.03 Å². The van der Waals surface area contributed by atoms with Crippen LogP contribution in [0.2, 0.25) is 0 Å². The lowest BCUT2D eigenvalue weighted by Gasteiger charge is -2.14. The molecule has 0 radical (unpaired) electrons. The second kappa shape index (κ2) is 5.40. The number of nitrogens with one attached hydrogen (secondary N) is 1. The first-order valence-corrected chi connectivity index (χ1v) is 6.44. The lowest BCUT2D eigenvalue weighted by atomic mass is 10.0. The predicted octanol–water partition coefficient (Wildman–Crippen LogP) is 1.72. The summed E-state index contributed by atoms with van der Waals surface area (Å²) in [6.07, 6.45) is 0.854. The summed E-state index contributed by atoms with van der Waals surface area (Å²) in [7, 11) is 0. The molecule has 1 aliphatic heterocycles. The second-order valence-corrected chi connectivity index (χ2v) is 4.93. The molecule has 1 aromatic rings. The van der Waals surface area contributed by atoms with E-state index in [9.17, 15) is 4.79 Å². The van der Waals surface area contributed by atoms with Crippen molar-refractivity contribution in [3.63, 3.8) is 0 Å². The summed E-state index contributed by atoms with van der Waals surface area (Å²) >= 11 is 0. The lowest BCUT2D eigenvalue weighted by molar-refractivity contribution is 0.217. The highest BCUT2D eigenvalue weighted by Crippen LogP contribution is 2.22. The Morgan fingerprint density at radius 2 is 2.17 bits per heavy atom. The van der Waals surface area contributed by atoms with Crippen LogP contribution in [0.15, 0.2) is 18.2 Å². The van der Waals surface area contributed by atoms with Crippen LogP contribution in [0.5, 0.6) is 0 Å². The molecule has 0 bridgehead atoms. The SMILES string of the molecule is Cc1ccc(C2CN(CCCN)C(=O)N2)cc1C. The number of amides is 2. The van der Waals surface area contributed by atoms with E-state index in [0.717, 1.165) is 19.5 Å². The minimum Gasteiger partial charge on any atom is -0.330 e. The number of benzene rings is 1. The largest absolute Gasteiger partial charge is 0.330 e. The van der Waals surface area contributed by atoms with Crippen LogP contribution in [0.4, 0.5) is 4.79 Å². The van der Waals surface area contributed by atoms with Gasteiger partial charge in [-0.25, -0.2) is 4.79 Å². The van der Waals surface area contributed by atoms with Gasteiger partial charge in [-0.1, -0.05) is 18.2 Å². The number of hydrogen-bond donors (Lipinski definition) is 2. The van der Waals surface area contributed by atoms with Crippen molar-refractivity contribution in [2.24, 2.45) is 5.73 Å². The number of nitrogens with two attached hydrogens (primary N) is 1. The number of carbonyl (C=O) groups excluding carboxylic acids is 1. The summed E-state index contributed by atoms with van der Waals surface area (Å²) in [5.41, 5.74) is 9.20. The highest BCUT2D eigenvalue weighted by atomic mass is 16.2. The Balaban J connectivity index is 2.07. The van der Waals surface area contributed by atoms with E-state index in [1.165, 1.54) is 16.7 Å². The monoisotopic (exact) mass is 247 g/mol. The highest BCUT2D eigenvalue weighted by molar-refractivity contribution is 5.77. The molecular weight excluding hydrogens is 226 g/mol. The van der Waals surface area contributed by atoms with Crippen molar-refractivity contribution in [2.45, 2.75) is 26.3 Å². The first kappa shape index (κ1) is 12.9. The average molecular weight is 247 g/mol. The van der Waals surface area contributed by atoms with Crippen LogP contribution in [-0.4, -0.2) is 30.6 Å². The minimum atomic E-state index is 0.0201. The molecule has 0 aliphatic carbocycles. The van der Waals surface area contributed by atoms with Crippen LogP contribution in [0, 0.1) is 13.8 Å². The molecule has 2 amide bonds. The van der Waals surface area contributed by atoms with E-state index in [4.69, 9.17) is 5.73 Å². The molecule has 4 heteroatoms. The molecule has 1 unspecified atom stereocenters. The van der Waals surface area contributed by atoms with Crippen LogP contribution >= 0.6 is 0 Å². The maximum absolute atomic E-state index is 11.8. The van der Waals surface area contributed by atoms with Gasteiger partial charge in [0.2, 0.25) is 0 Å². The number of aryl methyl sites for hydroxylation is 2. The Bertz CT molecular complexity index is 445. The number of nitrogens with zero attached hydrogens (tertiary/aromatic N) is 1. The molecule has 3 N–H and O–H groups in total. The Hall–Kier alpha value is -1.55. The van der Waals surface area contributed by atoms with Crippen LogP contribution in [0.25, 0.3) is 0 Å². The van der Waals surface area contributed by atoms with Gasteiger partial charge < -0.3 is 16.0 Å². The number of rotatable bonds is 4. The topological polar surface area (TPSA) is 58.4 Å². The molecule has 1 heterocycles. The molecule has 2 rings (SSSR count). The van der Waals surface area contributed by atoms with Gasteiger partial charge in [0, 0.05) is 13.1 Å². The van der Waals surface area contributed by atoms with Crippen molar-refractivity contribution < 1.29 is 4.79 Å². The Labute approximate surface area is 108 Å². The Kier molecular flexibility index (Phi) is 3.87. The normalized spacial score (nSPS) is 19.2. The van der Waals surface area contributed by atoms with Crippen molar-refractivity contribution in [3.8, 4) is 0 Å². The second-order valence-electron chi connectivity index (χ2n) is 4.93. The smallest absolute Gasteiger partial charge is 0.318 e. The van der Waals surface area contributed by atoms with E-state index >= 15 is 0 Å². The third-order valence-electron chi connectivity index (χ3n) is 3.55. The average Bonchev–Trinajstić information content (AvgIpc) is 2.72. The molecule has 18 heavy (non-hydrogen) atoms. The highest BCUT2D eigenvalue weighted by Gasteiger charge is 2.29. The summed E-state index contributed by atoms with van der Waals surface area (Å²) in [6.45, 7) is 6.30. The van der Waals surface area contributed by atoms with Crippen LogP contribution in [0.1, 0.15) is 29.2 Å². The molecule has 1 atom stereocenters. The van der Waals surface area contributed by atoms with Crippen molar-refractivity contribution in [2.75, 3.05) is 19.6 Å². The van der Waals surface area contributed by atoms with Gasteiger partial charge in [0.1, 0.15) is 0 Å². The molecule has 1 saturated heterocycles. The lowest BCUT2D eigenvalue weighted by Crippen LogP contribution is -2.30. The summed E-state index contributed by atoms with van der Waals surface area (Å²) in [6, 6.07) is 6.49. The van der Waals surface area contributed by atoms with E-state index in [-0.39, 0.29) is 12.1 Å². The van der Waals surface area contributed by atoms with E-state index in [2.05, 4.69) is 37.4 Å². The van der Waals surface area contributed by atoms with E-state index < -0.39 is 0 Å². The van der Waals surface area contributed by atoms with Gasteiger partial charge in [-0.2, -0.15) is 0 Å². The Morgan fingerprint density at radius 1 is 1.39 bits per heavy atom. The summed E-state index contributed by atoms with van der Waals surface area (Å²) in [5, 5.41) is 3.02. The van der Waals surface area contributed by atoms with Crippen LogP contribution < -0.4 is 11.1 Å². The summed E-state index contributed by atoms with van der Waals surface area (Å²) in [5.74, 6) is 0. The van der Waals surface area contributed by atoms with Crippen molar-refractivity contribution in [1.29, 1.82) is 0 Å². The van der Waals surface area contributed by atoms with E-state index in [1.54, 1.807) is 0 Å². The molecule has 0 aromatic heterocycles. The standard InChI is InChI=1S/C14H21N3O/c1-10-4-5-12(8-11(10)2)13-9-17(7-3-6-15)14(18)16-13/h4-5,8,13H,3,6-7,9,15H2,1-2H3,(H,16,18). The maximum Gasteiger partial charge on any atom is 0.318 e. The molecule has 1 aromatic carbocycles. The van der Waals surface area contributed by atoms with Gasteiger partial charge in [-0.3, -0.25) is 0 Å². The van der Waals surface area contributed by atoms with Gasteiger partial charge in [-0.15, -0.1) is 0 Å². The number of hydrogen-bond acceptors (Lipinski definition) is 2. The van der Waals surface area contributed by atoms with Crippen LogP contribution in [0.3, 0.4) is 0 Å². The Morgan fingerprint density at radius 3 is 2.83 bits per heavy atom. The first-order chi connectivity index (χ1) is 8.61. The van der Waals surface area contributed by atoms with E-state index in [0.29, 0.717) is 6.54 Å². The third-order valence-corrected chi connectivity index (χ3v) is 3.55. The van der Waals surface area contributed by atoms with Gasteiger partial charge in [0.05, 0.1) is 6.04 Å². The van der Waals surface area contributed by atoms with Crippen molar-refractivity contribution in [1.82, 2.24) is 10.2 Å². The molecular formula is C14H21N3O. The first-order valence-electron chi connectivity index (χ1n) is 6.44. The molecule has 1 aliphatic rings. The zero-order valence-electron chi connectivity index (χ0n) is 11.1.